The van der Waals surface area contributed by atoms with E-state index in [1.54, 1.807) is 0 Å². The van der Waals surface area contributed by atoms with Crippen molar-refractivity contribution in [3.8, 4) is 0 Å². The first-order valence-electron chi connectivity index (χ1n) is 6.48. The van der Waals surface area contributed by atoms with Crippen molar-refractivity contribution < 1.29 is 0 Å². The molecule has 0 heterocycles. The predicted molar refractivity (Wildman–Crippen MR) is 94.3 cm³/mol. The zero-order valence-electron chi connectivity index (χ0n) is 11.7. The third kappa shape index (κ3) is 3.63. The minimum absolute atomic E-state index is 1.25. The van der Waals surface area contributed by atoms with Gasteiger partial charge in [-0.1, -0.05) is 97.0 Å². The van der Waals surface area contributed by atoms with Crippen molar-refractivity contribution in [3.05, 3.63) is 60.7 Å². The zero-order valence-corrected chi connectivity index (χ0v) is 14.3. The first-order valence-corrected chi connectivity index (χ1v) is 12.8. The Morgan fingerprint density at radius 1 is 0.789 bits per heavy atom. The number of hydrogen-bond acceptors (Lipinski definition) is 0. The second-order valence-electron chi connectivity index (χ2n) is 5.80. The highest BCUT2D eigenvalue weighted by Gasteiger charge is 2.23. The second-order valence-corrected chi connectivity index (χ2v) is 15.5. The van der Waals surface area contributed by atoms with Crippen LogP contribution in [0.5, 0.6) is 0 Å². The molecular weight excluding hydrogens is 287 g/mol. The fourth-order valence-corrected chi connectivity index (χ4v) is 12.4. The van der Waals surface area contributed by atoms with Crippen molar-refractivity contribution in [1.29, 1.82) is 0 Å². The van der Waals surface area contributed by atoms with Gasteiger partial charge in [0.1, 0.15) is 0 Å². The van der Waals surface area contributed by atoms with Gasteiger partial charge in [0, 0.05) is 6.24 Å². The van der Waals surface area contributed by atoms with Crippen molar-refractivity contribution in [2.45, 2.75) is 19.6 Å². The summed E-state index contributed by atoms with van der Waals surface area (Å²) < 4.78 is 0. The molecule has 0 atom stereocenters. The molecule has 0 fully saturated rings. The SMILES string of the molecule is C[Si](C)(C)C=P(Cl)(c1ccccc1)c1ccccc1. The lowest BCUT2D eigenvalue weighted by Crippen LogP contribution is -2.27. The first kappa shape index (κ1) is 14.7. The maximum absolute atomic E-state index is 7.16. The maximum atomic E-state index is 7.16. The standard InChI is InChI=1S/C16H20ClPSi/c1-19(2,3)14-18(17,15-10-6-4-7-11-15)16-12-8-5-9-13-16/h4-14H,1-3H3. The van der Waals surface area contributed by atoms with Crippen LogP contribution in [-0.2, 0) is 0 Å². The van der Waals surface area contributed by atoms with Crippen molar-refractivity contribution in [2.75, 3.05) is 0 Å². The van der Waals surface area contributed by atoms with Gasteiger partial charge in [0.15, 0.2) is 0 Å². The topological polar surface area (TPSA) is 0 Å². The zero-order chi connectivity index (χ0) is 13.9. The Bertz CT molecular complexity index is 542. The van der Waals surface area contributed by atoms with Gasteiger partial charge in [-0.2, -0.15) is 0 Å². The van der Waals surface area contributed by atoms with Crippen LogP contribution >= 0.6 is 17.5 Å². The quantitative estimate of drug-likeness (QED) is 0.579. The molecule has 0 aliphatic carbocycles. The van der Waals surface area contributed by atoms with Gasteiger partial charge in [-0.25, -0.2) is 0 Å². The highest BCUT2D eigenvalue weighted by molar-refractivity contribution is 8.10. The van der Waals surface area contributed by atoms with Crippen LogP contribution in [0.15, 0.2) is 60.7 Å². The lowest BCUT2D eigenvalue weighted by Gasteiger charge is -2.24. The molecule has 19 heavy (non-hydrogen) atoms. The summed E-state index contributed by atoms with van der Waals surface area (Å²) in [5.41, 5.74) is 2.46. The first-order chi connectivity index (χ1) is 8.92. The molecule has 0 radical (unpaired) electrons. The monoisotopic (exact) mass is 306 g/mol. The van der Waals surface area contributed by atoms with Gasteiger partial charge in [-0.15, -0.1) is 0 Å². The molecule has 2 rings (SSSR count). The van der Waals surface area contributed by atoms with E-state index >= 15 is 0 Å². The van der Waals surface area contributed by atoms with Gasteiger partial charge in [-0.05, 0) is 10.6 Å². The Balaban J connectivity index is 2.69. The van der Waals surface area contributed by atoms with E-state index in [0.29, 0.717) is 0 Å². The van der Waals surface area contributed by atoms with Gasteiger partial charge < -0.3 is 0 Å². The van der Waals surface area contributed by atoms with Crippen LogP contribution in [0.1, 0.15) is 0 Å². The number of halogens is 1. The van der Waals surface area contributed by atoms with Crippen molar-refractivity contribution >= 4 is 41.6 Å². The van der Waals surface area contributed by atoms with Crippen LogP contribution in [0.3, 0.4) is 0 Å². The third-order valence-electron chi connectivity index (χ3n) is 2.83. The molecule has 0 unspecified atom stereocenters. The Hall–Kier alpha value is -0.753. The molecule has 0 amide bonds. The van der Waals surface area contributed by atoms with E-state index in [-0.39, 0.29) is 0 Å². The summed E-state index contributed by atoms with van der Waals surface area (Å²) in [6.45, 7) is 7.03. The smallest absolute Gasteiger partial charge is 0.0710 e. The van der Waals surface area contributed by atoms with Gasteiger partial charge >= 0.3 is 0 Å². The number of benzene rings is 2. The van der Waals surface area contributed by atoms with Crippen LogP contribution in [0.25, 0.3) is 0 Å². The number of rotatable bonds is 3. The molecule has 0 N–H and O–H groups in total. The Morgan fingerprint density at radius 3 is 1.47 bits per heavy atom. The van der Waals surface area contributed by atoms with E-state index in [9.17, 15) is 0 Å². The van der Waals surface area contributed by atoms with Crippen LogP contribution in [0.4, 0.5) is 0 Å². The highest BCUT2D eigenvalue weighted by Crippen LogP contribution is 2.50. The summed E-state index contributed by atoms with van der Waals surface area (Å²) >= 11 is 7.16. The van der Waals surface area contributed by atoms with Gasteiger partial charge in [-0.3, -0.25) is 0 Å². The molecule has 0 bridgehead atoms. The fourth-order valence-electron chi connectivity index (χ4n) is 2.12. The minimum Gasteiger partial charge on any atom is -0.0885 e. The van der Waals surface area contributed by atoms with Crippen molar-refractivity contribution in [3.63, 3.8) is 0 Å². The molecule has 2 aromatic rings. The molecular formula is C16H20ClPSi. The summed E-state index contributed by atoms with van der Waals surface area (Å²) in [4.78, 5) is 0. The van der Waals surface area contributed by atoms with Crippen LogP contribution in [-0.4, -0.2) is 13.5 Å². The van der Waals surface area contributed by atoms with Crippen molar-refractivity contribution in [1.82, 2.24) is 0 Å². The average Bonchev–Trinajstić information content (AvgIpc) is 2.39. The van der Waals surface area contributed by atoms with E-state index in [1.165, 1.54) is 10.6 Å². The maximum Gasteiger partial charge on any atom is 0.0710 e. The lowest BCUT2D eigenvalue weighted by molar-refractivity contribution is 1.76. The van der Waals surface area contributed by atoms with Gasteiger partial charge in [0.05, 0.1) is 8.07 Å². The molecule has 100 valence electrons. The van der Waals surface area contributed by atoms with E-state index in [4.69, 9.17) is 11.2 Å². The molecule has 3 heteroatoms. The Kier molecular flexibility index (Phi) is 4.40. The Labute approximate surface area is 122 Å². The van der Waals surface area contributed by atoms with Crippen LogP contribution in [0.2, 0.25) is 19.6 Å². The molecule has 0 aliphatic heterocycles. The summed E-state index contributed by atoms with van der Waals surface area (Å²) in [7, 11) is -1.37. The van der Waals surface area contributed by atoms with Crippen LogP contribution < -0.4 is 10.6 Å². The van der Waals surface area contributed by atoms with Gasteiger partial charge in [0.25, 0.3) is 0 Å². The summed E-state index contributed by atoms with van der Waals surface area (Å²) in [5, 5.41) is 2.51. The molecule has 0 saturated carbocycles. The molecule has 0 aromatic heterocycles. The van der Waals surface area contributed by atoms with E-state index in [0.717, 1.165) is 0 Å². The van der Waals surface area contributed by atoms with Crippen LogP contribution in [0, 0.1) is 0 Å². The molecule has 2 aromatic carbocycles. The molecule has 0 aliphatic rings. The molecule has 0 spiro atoms. The fraction of sp³-hybridized carbons (Fsp3) is 0.188. The van der Waals surface area contributed by atoms with Gasteiger partial charge in [0.2, 0.25) is 0 Å². The molecule has 0 saturated heterocycles. The highest BCUT2D eigenvalue weighted by atomic mass is 35.7. The molecule has 0 nitrogen and oxygen atoms in total. The van der Waals surface area contributed by atoms with Crippen molar-refractivity contribution in [2.24, 2.45) is 0 Å². The van der Waals surface area contributed by atoms with E-state index in [1.807, 2.05) is 12.1 Å². The Morgan fingerprint density at radius 2 is 1.16 bits per heavy atom. The summed E-state index contributed by atoms with van der Waals surface area (Å²) in [6, 6.07) is 21.0. The summed E-state index contributed by atoms with van der Waals surface area (Å²) in [6.07, 6.45) is -1.89. The lowest BCUT2D eigenvalue weighted by atomic mass is 10.4. The summed E-state index contributed by atoms with van der Waals surface area (Å²) in [5.74, 6) is 0. The normalized spacial score (nSPS) is 12.2. The van der Waals surface area contributed by atoms with E-state index < -0.39 is 14.3 Å². The average molecular weight is 307 g/mol. The largest absolute Gasteiger partial charge is 0.0885 e. The predicted octanol–water partition coefficient (Wildman–Crippen LogP) is 4.49. The number of hydrogen-bond donors (Lipinski definition) is 0. The van der Waals surface area contributed by atoms with E-state index in [2.05, 4.69) is 73.6 Å². The minimum atomic E-state index is -1.89. The second kappa shape index (κ2) is 5.71. The third-order valence-corrected chi connectivity index (χ3v) is 11.5.